The van der Waals surface area contributed by atoms with Crippen LogP contribution in [-0.2, 0) is 19.6 Å². The van der Waals surface area contributed by atoms with Crippen LogP contribution in [0, 0.1) is 0 Å². The third kappa shape index (κ3) is 2.36. The molecule has 0 aromatic heterocycles. The van der Waals surface area contributed by atoms with Crippen LogP contribution in [0.4, 0.5) is 0 Å². The second kappa shape index (κ2) is 4.69. The van der Waals surface area contributed by atoms with Crippen LogP contribution in [0.15, 0.2) is 32.6 Å². The summed E-state index contributed by atoms with van der Waals surface area (Å²) >= 11 is 0. The van der Waals surface area contributed by atoms with Crippen molar-refractivity contribution in [2.24, 2.45) is 15.4 Å². The molecule has 12 heteroatoms. The quantitative estimate of drug-likeness (QED) is 0.250. The number of Topliss-reactive ketones (excluding diaryl/α,β-unsaturated/α-hetero) is 1. The highest BCUT2D eigenvalue weighted by Gasteiger charge is 2.34. The summed E-state index contributed by atoms with van der Waals surface area (Å²) in [5.41, 5.74) is 15.1. The first kappa shape index (κ1) is 13.4. The number of nitrogens with zero attached hydrogens (tertiary/aromatic N) is 6. The lowest BCUT2D eigenvalue weighted by atomic mass is 10.1. The van der Waals surface area contributed by atoms with E-state index in [4.69, 9.17) is 16.2 Å². The molecular formula is C6H3N7O4S. The number of hydrogen-bond acceptors (Lipinski definition) is 6. The second-order valence-electron chi connectivity index (χ2n) is 2.82. The number of carbonyl (C=O) groups is 2. The van der Waals surface area contributed by atoms with Crippen molar-refractivity contribution in [1.29, 1.82) is 0 Å². The number of primary sulfonamides is 1. The zero-order valence-corrected chi connectivity index (χ0v) is 9.20. The van der Waals surface area contributed by atoms with Gasteiger partial charge in [0, 0.05) is 9.82 Å². The molecule has 0 radical (unpaired) electrons. The van der Waals surface area contributed by atoms with Gasteiger partial charge in [0.25, 0.3) is 0 Å². The Balaban J connectivity index is 3.80. The summed E-state index contributed by atoms with van der Waals surface area (Å²) in [7, 11) is -4.61. The van der Waals surface area contributed by atoms with Gasteiger partial charge in [0.05, 0.1) is 11.4 Å². The van der Waals surface area contributed by atoms with E-state index in [9.17, 15) is 18.0 Å². The average molecular weight is 269 g/mol. The largest absolute Gasteiger partial charge is 0.286 e. The lowest BCUT2D eigenvalue weighted by Crippen LogP contribution is -2.29. The maximum absolute atomic E-state index is 11.4. The van der Waals surface area contributed by atoms with Crippen molar-refractivity contribution in [2.75, 3.05) is 0 Å². The first-order chi connectivity index (χ1) is 8.32. The van der Waals surface area contributed by atoms with Gasteiger partial charge in [0.15, 0.2) is 0 Å². The Morgan fingerprint density at radius 3 is 2.17 bits per heavy atom. The van der Waals surface area contributed by atoms with Crippen LogP contribution in [0.25, 0.3) is 20.9 Å². The SMILES string of the molecule is [N-]=[N+]=NC1=CC(=O)C(=O)C(S(N)(=O)=O)=C1N=[N+]=[N-]. The lowest BCUT2D eigenvalue weighted by molar-refractivity contribution is -0.131. The molecule has 92 valence electrons. The van der Waals surface area contributed by atoms with E-state index >= 15 is 0 Å². The Hall–Kier alpha value is -2.65. The minimum Gasteiger partial charge on any atom is -0.286 e. The highest BCUT2D eigenvalue weighted by Crippen LogP contribution is 2.26. The Kier molecular flexibility index (Phi) is 3.50. The first-order valence-electron chi connectivity index (χ1n) is 4.01. The molecule has 18 heavy (non-hydrogen) atoms. The summed E-state index contributed by atoms with van der Waals surface area (Å²) in [6.45, 7) is 0. The molecule has 0 fully saturated rings. The normalized spacial score (nSPS) is 15.7. The maximum Gasteiger partial charge on any atom is 0.246 e. The van der Waals surface area contributed by atoms with E-state index in [1.165, 1.54) is 0 Å². The molecule has 1 aliphatic rings. The van der Waals surface area contributed by atoms with E-state index in [1.54, 1.807) is 0 Å². The summed E-state index contributed by atoms with van der Waals surface area (Å²) in [6, 6.07) is 0. The van der Waals surface area contributed by atoms with Crippen molar-refractivity contribution in [3.8, 4) is 0 Å². The van der Waals surface area contributed by atoms with Gasteiger partial charge < -0.3 is 0 Å². The second-order valence-corrected chi connectivity index (χ2v) is 4.32. The maximum atomic E-state index is 11.4. The van der Waals surface area contributed by atoms with Crippen molar-refractivity contribution in [2.45, 2.75) is 0 Å². The highest BCUT2D eigenvalue weighted by molar-refractivity contribution is 7.94. The minimum atomic E-state index is -4.61. The minimum absolute atomic E-state index is 0.556. The molecule has 2 N–H and O–H groups in total. The molecule has 0 aliphatic heterocycles. The number of allylic oxidation sites excluding steroid dienone is 2. The standard InChI is InChI=1S/C6H3N7O4S/c7-12-10-2-1-3(14)5(15)6(18(9,16)17)4(2)11-13-8/h1H,(H2,9,16,17). The van der Waals surface area contributed by atoms with Crippen molar-refractivity contribution in [3.05, 3.63) is 43.3 Å². The Morgan fingerprint density at radius 2 is 1.72 bits per heavy atom. The molecule has 0 saturated heterocycles. The van der Waals surface area contributed by atoms with E-state index in [2.05, 4.69) is 20.1 Å². The lowest BCUT2D eigenvalue weighted by Gasteiger charge is -2.11. The fraction of sp³-hybridized carbons (Fsp3) is 0. The topological polar surface area (TPSA) is 192 Å². The van der Waals surface area contributed by atoms with E-state index in [0.717, 1.165) is 0 Å². The van der Waals surface area contributed by atoms with Crippen molar-refractivity contribution in [1.82, 2.24) is 0 Å². The summed E-state index contributed by atoms with van der Waals surface area (Å²) in [4.78, 5) is 25.9. The zero-order valence-electron chi connectivity index (χ0n) is 8.38. The smallest absolute Gasteiger partial charge is 0.246 e. The van der Waals surface area contributed by atoms with Crippen LogP contribution in [0.3, 0.4) is 0 Å². The molecule has 0 heterocycles. The Bertz CT molecular complexity index is 702. The van der Waals surface area contributed by atoms with Gasteiger partial charge in [-0.2, -0.15) is 0 Å². The van der Waals surface area contributed by atoms with Gasteiger partial charge in [-0.1, -0.05) is 10.2 Å². The highest BCUT2D eigenvalue weighted by atomic mass is 32.2. The van der Waals surface area contributed by atoms with Crippen molar-refractivity contribution >= 4 is 21.6 Å². The number of rotatable bonds is 3. The van der Waals surface area contributed by atoms with Crippen LogP contribution in [0.2, 0.25) is 0 Å². The predicted octanol–water partition coefficient (Wildman–Crippen LogP) is 0.143. The molecule has 0 spiro atoms. The third-order valence-corrected chi connectivity index (χ3v) is 2.69. The summed E-state index contributed by atoms with van der Waals surface area (Å²) < 4.78 is 22.4. The molecular weight excluding hydrogens is 266 g/mol. The van der Waals surface area contributed by atoms with Crippen molar-refractivity contribution in [3.63, 3.8) is 0 Å². The molecule has 0 bridgehead atoms. The fourth-order valence-electron chi connectivity index (χ4n) is 1.12. The van der Waals surface area contributed by atoms with Gasteiger partial charge in [-0.05, 0) is 17.1 Å². The molecule has 0 aromatic rings. The average Bonchev–Trinajstić information content (AvgIpc) is 2.24. The van der Waals surface area contributed by atoms with E-state index < -0.39 is 37.9 Å². The Labute approximate surface area is 98.9 Å². The summed E-state index contributed by atoms with van der Waals surface area (Å²) in [5, 5.41) is 10.6. The van der Waals surface area contributed by atoms with Crippen molar-refractivity contribution < 1.29 is 18.0 Å². The van der Waals surface area contributed by atoms with Gasteiger partial charge in [-0.15, -0.1) is 0 Å². The molecule has 0 aromatic carbocycles. The third-order valence-electron chi connectivity index (χ3n) is 1.74. The number of azide groups is 2. The number of carbonyl (C=O) groups excluding carboxylic acids is 2. The summed E-state index contributed by atoms with van der Waals surface area (Å²) in [5.74, 6) is -2.71. The molecule has 1 aliphatic carbocycles. The predicted molar refractivity (Wildman–Crippen MR) is 56.5 cm³/mol. The van der Waals surface area contributed by atoms with Crippen LogP contribution in [-0.4, -0.2) is 20.0 Å². The summed E-state index contributed by atoms with van der Waals surface area (Å²) in [6.07, 6.45) is 0.556. The van der Waals surface area contributed by atoms with Crippen LogP contribution < -0.4 is 5.14 Å². The molecule has 1 rings (SSSR count). The number of nitrogens with two attached hydrogens (primary N) is 1. The van der Waals surface area contributed by atoms with Gasteiger partial charge in [-0.25, -0.2) is 13.6 Å². The van der Waals surface area contributed by atoms with Crippen LogP contribution in [0.5, 0.6) is 0 Å². The van der Waals surface area contributed by atoms with E-state index in [0.29, 0.717) is 6.08 Å². The van der Waals surface area contributed by atoms with Crippen LogP contribution in [0.1, 0.15) is 0 Å². The van der Waals surface area contributed by atoms with E-state index in [1.807, 2.05) is 0 Å². The van der Waals surface area contributed by atoms with E-state index in [-0.39, 0.29) is 0 Å². The molecule has 0 saturated carbocycles. The van der Waals surface area contributed by atoms with Gasteiger partial charge in [0.1, 0.15) is 4.91 Å². The number of ketones is 2. The molecule has 11 nitrogen and oxygen atoms in total. The molecule has 0 atom stereocenters. The monoisotopic (exact) mass is 269 g/mol. The van der Waals surface area contributed by atoms with Gasteiger partial charge in [0.2, 0.25) is 21.6 Å². The number of hydrogen-bond donors (Lipinski definition) is 1. The fourth-order valence-corrected chi connectivity index (χ4v) is 1.90. The Morgan fingerprint density at radius 1 is 1.17 bits per heavy atom. The first-order valence-corrected chi connectivity index (χ1v) is 5.55. The molecule has 0 amide bonds. The van der Waals surface area contributed by atoms with Gasteiger partial charge in [-0.3, -0.25) is 9.59 Å². The number of sulfonamides is 1. The zero-order chi connectivity index (χ0) is 13.9. The molecule has 0 unspecified atom stereocenters. The van der Waals surface area contributed by atoms with Gasteiger partial charge >= 0.3 is 0 Å². The van der Waals surface area contributed by atoms with Crippen LogP contribution >= 0.6 is 0 Å².